The quantitative estimate of drug-likeness (QED) is 0.237. The van der Waals surface area contributed by atoms with Gasteiger partial charge in [-0.25, -0.2) is 4.98 Å². The number of aryl methyl sites for hydroxylation is 2. The fourth-order valence-corrected chi connectivity index (χ4v) is 5.36. The fourth-order valence-electron chi connectivity index (χ4n) is 3.40. The zero-order valence-electron chi connectivity index (χ0n) is 18.9. The van der Waals surface area contributed by atoms with Crippen molar-refractivity contribution in [3.05, 3.63) is 93.1 Å². The molecule has 7 nitrogen and oxygen atoms in total. The molecule has 0 spiro atoms. The third-order valence-electron chi connectivity index (χ3n) is 5.34. The number of aromatic nitrogens is 4. The Morgan fingerprint density at radius 1 is 1.11 bits per heavy atom. The molecule has 0 aliphatic carbocycles. The van der Waals surface area contributed by atoms with E-state index in [9.17, 15) is 4.79 Å². The molecule has 3 aromatic heterocycles. The molecule has 0 unspecified atom stereocenters. The molecule has 1 amide bonds. The van der Waals surface area contributed by atoms with Crippen molar-refractivity contribution in [3.8, 4) is 17.3 Å². The number of rotatable bonds is 7. The van der Waals surface area contributed by atoms with Crippen LogP contribution in [0.2, 0.25) is 5.02 Å². The number of anilines is 1. The van der Waals surface area contributed by atoms with Crippen LogP contribution in [0.15, 0.2) is 75.8 Å². The van der Waals surface area contributed by atoms with Crippen LogP contribution < -0.4 is 5.32 Å². The van der Waals surface area contributed by atoms with Crippen LogP contribution in [0.25, 0.3) is 17.3 Å². The number of thioether (sulfide) groups is 1. The van der Waals surface area contributed by atoms with E-state index in [1.54, 1.807) is 17.7 Å². The third kappa shape index (κ3) is 5.02. The molecule has 0 aliphatic heterocycles. The average molecular weight is 522 g/mol. The van der Waals surface area contributed by atoms with Crippen LogP contribution in [-0.4, -0.2) is 25.7 Å². The minimum Gasteiger partial charge on any atom is -0.461 e. The van der Waals surface area contributed by atoms with E-state index in [2.05, 4.69) is 20.5 Å². The van der Waals surface area contributed by atoms with Crippen LogP contribution >= 0.6 is 34.7 Å². The number of benzene rings is 2. The number of halogens is 1. The van der Waals surface area contributed by atoms with E-state index in [4.69, 9.17) is 16.0 Å². The second-order valence-electron chi connectivity index (χ2n) is 7.74. The molecule has 35 heavy (non-hydrogen) atoms. The highest BCUT2D eigenvalue weighted by Crippen LogP contribution is 2.33. The number of nitrogens with zero attached hydrogens (tertiary/aromatic N) is 4. The van der Waals surface area contributed by atoms with E-state index in [0.29, 0.717) is 33.2 Å². The molecule has 0 bridgehead atoms. The van der Waals surface area contributed by atoms with Gasteiger partial charge in [0.05, 0.1) is 22.7 Å². The molecule has 5 rings (SSSR count). The summed E-state index contributed by atoms with van der Waals surface area (Å²) in [6, 6.07) is 17.0. The first-order chi connectivity index (χ1) is 17.0. The van der Waals surface area contributed by atoms with Crippen molar-refractivity contribution < 1.29 is 9.21 Å². The van der Waals surface area contributed by atoms with Gasteiger partial charge >= 0.3 is 0 Å². The summed E-state index contributed by atoms with van der Waals surface area (Å²) in [5.41, 5.74) is 4.18. The Labute approximate surface area is 215 Å². The molecule has 10 heteroatoms. The zero-order valence-corrected chi connectivity index (χ0v) is 21.2. The van der Waals surface area contributed by atoms with E-state index in [1.165, 1.54) is 28.7 Å². The third-order valence-corrected chi connectivity index (χ3v) is 7.63. The van der Waals surface area contributed by atoms with Gasteiger partial charge in [-0.05, 0) is 61.4 Å². The van der Waals surface area contributed by atoms with Crippen molar-refractivity contribution in [2.45, 2.75) is 24.8 Å². The van der Waals surface area contributed by atoms with E-state index < -0.39 is 0 Å². The van der Waals surface area contributed by atoms with Gasteiger partial charge in [-0.1, -0.05) is 41.6 Å². The van der Waals surface area contributed by atoms with Crippen LogP contribution in [0.4, 0.5) is 5.69 Å². The molecule has 0 radical (unpaired) electrons. The predicted octanol–water partition coefficient (Wildman–Crippen LogP) is 6.80. The maximum absolute atomic E-state index is 12.7. The summed E-state index contributed by atoms with van der Waals surface area (Å²) in [5, 5.41) is 15.4. The number of nitrogens with one attached hydrogen (secondary N) is 1. The lowest BCUT2D eigenvalue weighted by atomic mass is 10.1. The Bertz CT molecular complexity index is 1490. The lowest BCUT2D eigenvalue weighted by molar-refractivity contribution is 0.102. The van der Waals surface area contributed by atoms with Gasteiger partial charge in [-0.15, -0.1) is 21.5 Å². The molecule has 2 aromatic carbocycles. The SMILES string of the molecule is Cc1ccc(NC(=O)c2csc(CSc3nnc(-c4ccco4)n3-c3ccccc3Cl)n2)cc1C. The molecule has 0 saturated heterocycles. The van der Waals surface area contributed by atoms with Crippen LogP contribution in [0.3, 0.4) is 0 Å². The van der Waals surface area contributed by atoms with Gasteiger partial charge in [-0.2, -0.15) is 0 Å². The smallest absolute Gasteiger partial charge is 0.275 e. The van der Waals surface area contributed by atoms with Gasteiger partial charge in [0.15, 0.2) is 10.9 Å². The summed E-state index contributed by atoms with van der Waals surface area (Å²) in [5.74, 6) is 1.42. The van der Waals surface area contributed by atoms with E-state index in [-0.39, 0.29) is 5.91 Å². The van der Waals surface area contributed by atoms with E-state index >= 15 is 0 Å². The van der Waals surface area contributed by atoms with Crippen LogP contribution in [-0.2, 0) is 5.75 Å². The van der Waals surface area contributed by atoms with Crippen LogP contribution in [0, 0.1) is 13.8 Å². The largest absolute Gasteiger partial charge is 0.461 e. The van der Waals surface area contributed by atoms with Gasteiger partial charge in [0.25, 0.3) is 5.91 Å². The number of para-hydroxylation sites is 1. The van der Waals surface area contributed by atoms with Crippen LogP contribution in [0.5, 0.6) is 0 Å². The first kappa shape index (κ1) is 23.3. The van der Waals surface area contributed by atoms with Crippen molar-refractivity contribution in [1.82, 2.24) is 19.7 Å². The van der Waals surface area contributed by atoms with Gasteiger partial charge in [0, 0.05) is 11.1 Å². The Morgan fingerprint density at radius 2 is 1.97 bits per heavy atom. The standard InChI is InChI=1S/C25H20ClN5O2S2/c1-15-9-10-17(12-16(15)2)27-24(32)19-13-34-22(28-19)14-35-25-30-29-23(21-8-5-11-33-21)31(25)20-7-4-3-6-18(20)26/h3-13H,14H2,1-2H3,(H,27,32). The maximum Gasteiger partial charge on any atom is 0.275 e. The molecule has 5 aromatic rings. The van der Waals surface area contributed by atoms with Gasteiger partial charge < -0.3 is 9.73 Å². The Morgan fingerprint density at radius 3 is 2.74 bits per heavy atom. The van der Waals surface area contributed by atoms with Gasteiger partial charge in [-0.3, -0.25) is 9.36 Å². The summed E-state index contributed by atoms with van der Waals surface area (Å²) in [6.45, 7) is 4.05. The molecule has 0 atom stereocenters. The van der Waals surface area contributed by atoms with Crippen molar-refractivity contribution >= 4 is 46.3 Å². The highest BCUT2D eigenvalue weighted by molar-refractivity contribution is 7.98. The number of hydrogen-bond donors (Lipinski definition) is 1. The summed E-state index contributed by atoms with van der Waals surface area (Å²) in [6.07, 6.45) is 1.59. The van der Waals surface area contributed by atoms with Crippen LogP contribution in [0.1, 0.15) is 26.6 Å². The van der Waals surface area contributed by atoms with Crippen molar-refractivity contribution in [1.29, 1.82) is 0 Å². The summed E-state index contributed by atoms with van der Waals surface area (Å²) in [7, 11) is 0. The number of amides is 1. The minimum absolute atomic E-state index is 0.236. The maximum atomic E-state index is 12.7. The molecule has 1 N–H and O–H groups in total. The van der Waals surface area contributed by atoms with Crippen molar-refractivity contribution in [2.24, 2.45) is 0 Å². The van der Waals surface area contributed by atoms with Crippen molar-refractivity contribution in [3.63, 3.8) is 0 Å². The molecular weight excluding hydrogens is 502 g/mol. The number of furan rings is 1. The fraction of sp³-hybridized carbons (Fsp3) is 0.120. The number of thiazole rings is 1. The number of carbonyl (C=O) groups excluding carboxylic acids is 1. The second-order valence-corrected chi connectivity index (χ2v) is 10.0. The second kappa shape index (κ2) is 10.1. The Kier molecular flexibility index (Phi) is 6.72. The number of carbonyl (C=O) groups is 1. The molecule has 0 saturated carbocycles. The highest BCUT2D eigenvalue weighted by atomic mass is 35.5. The first-order valence-electron chi connectivity index (χ1n) is 10.7. The topological polar surface area (TPSA) is 85.8 Å². The monoisotopic (exact) mass is 521 g/mol. The molecule has 3 heterocycles. The van der Waals surface area contributed by atoms with Gasteiger partial charge in [0.2, 0.25) is 5.82 Å². The first-order valence-corrected chi connectivity index (χ1v) is 12.9. The highest BCUT2D eigenvalue weighted by Gasteiger charge is 2.20. The number of hydrogen-bond acceptors (Lipinski definition) is 7. The Balaban J connectivity index is 1.35. The van der Waals surface area contributed by atoms with E-state index in [0.717, 1.165) is 21.9 Å². The molecule has 0 fully saturated rings. The normalized spacial score (nSPS) is 11.1. The summed E-state index contributed by atoms with van der Waals surface area (Å²) < 4.78 is 7.43. The van der Waals surface area contributed by atoms with Crippen molar-refractivity contribution in [2.75, 3.05) is 5.32 Å². The predicted molar refractivity (Wildman–Crippen MR) is 140 cm³/mol. The Hall–Kier alpha value is -3.40. The summed E-state index contributed by atoms with van der Waals surface area (Å²) >= 11 is 9.38. The summed E-state index contributed by atoms with van der Waals surface area (Å²) in [4.78, 5) is 17.2. The lowest BCUT2D eigenvalue weighted by Crippen LogP contribution is -2.12. The lowest BCUT2D eigenvalue weighted by Gasteiger charge is -2.10. The molecule has 176 valence electrons. The molecular formula is C25H20ClN5O2S2. The minimum atomic E-state index is -0.236. The zero-order chi connectivity index (χ0) is 24.4. The average Bonchev–Trinajstić information content (AvgIpc) is 3.61. The molecule has 0 aliphatic rings. The van der Waals surface area contributed by atoms with Gasteiger partial charge in [0.1, 0.15) is 10.7 Å². The van der Waals surface area contributed by atoms with E-state index in [1.807, 2.05) is 66.9 Å².